The summed E-state index contributed by atoms with van der Waals surface area (Å²) in [5.41, 5.74) is 5.37. The fraction of sp³-hybridized carbons (Fsp3) is 0.714. The molecule has 0 aliphatic rings. The molecule has 0 bridgehead atoms. The van der Waals surface area contributed by atoms with Gasteiger partial charge in [-0.3, -0.25) is 33.7 Å². The molecule has 7 N–H and O–H groups in total. The molecule has 0 saturated heterocycles. The van der Waals surface area contributed by atoms with E-state index in [1.54, 1.807) is 6.92 Å². The Balaban J connectivity index is 5.37. The standard InChI is InChI=1S/C28H46N4O13/c1-2-20(33)18-19(25(29)39)6-4-3-5-7-21(34)8-9-22(26(40)41)30(14-16-31(27(42)43)12-10-23(35)36)15-17-32(28(44)45)13-11-24(37)38/h19,22H,2-18H2,1H3,(H2,29,39)(H,35,36)(H,37,38)(H,40,41)(H,42,43)(H,44,45). The van der Waals surface area contributed by atoms with Gasteiger partial charge in [-0.2, -0.15) is 0 Å². The Morgan fingerprint density at radius 1 is 0.600 bits per heavy atom. The number of carboxylic acid groups (broad SMARTS) is 5. The van der Waals surface area contributed by atoms with Crippen molar-refractivity contribution in [3.8, 4) is 0 Å². The van der Waals surface area contributed by atoms with E-state index in [1.807, 2.05) is 0 Å². The van der Waals surface area contributed by atoms with Gasteiger partial charge in [-0.15, -0.1) is 0 Å². The maximum absolute atomic E-state index is 12.6. The molecule has 0 aliphatic heterocycles. The zero-order chi connectivity index (χ0) is 34.5. The van der Waals surface area contributed by atoms with Gasteiger partial charge in [0.2, 0.25) is 5.91 Å². The number of Topliss-reactive ketones (excluding diaryl/α,β-unsaturated/α-hetero) is 2. The number of nitrogens with zero attached hydrogens (tertiary/aromatic N) is 3. The summed E-state index contributed by atoms with van der Waals surface area (Å²) in [5.74, 6) is -5.26. The van der Waals surface area contributed by atoms with Crippen molar-refractivity contribution < 1.29 is 63.9 Å². The van der Waals surface area contributed by atoms with Gasteiger partial charge in [-0.1, -0.05) is 19.8 Å². The molecule has 2 unspecified atom stereocenters. The third-order valence-electron chi connectivity index (χ3n) is 7.25. The minimum absolute atomic E-state index is 0.0668. The molecule has 0 radical (unpaired) electrons. The average molecular weight is 647 g/mol. The summed E-state index contributed by atoms with van der Waals surface area (Å²) in [5, 5.41) is 46.6. The Morgan fingerprint density at radius 3 is 1.51 bits per heavy atom. The first-order valence-corrected chi connectivity index (χ1v) is 14.8. The topological polar surface area (TPSA) is 273 Å². The Kier molecular flexibility index (Phi) is 20.1. The number of aliphatic carboxylic acids is 3. The maximum Gasteiger partial charge on any atom is 0.407 e. The van der Waals surface area contributed by atoms with Crippen molar-refractivity contribution in [2.24, 2.45) is 11.7 Å². The fourth-order valence-corrected chi connectivity index (χ4v) is 4.53. The van der Waals surface area contributed by atoms with E-state index < -0.39 is 60.8 Å². The second-order valence-corrected chi connectivity index (χ2v) is 10.6. The molecule has 0 aromatic heterocycles. The van der Waals surface area contributed by atoms with Crippen molar-refractivity contribution >= 4 is 47.6 Å². The largest absolute Gasteiger partial charge is 0.481 e. The van der Waals surface area contributed by atoms with Crippen LogP contribution in [0.2, 0.25) is 0 Å². The Hall–Kier alpha value is -4.28. The van der Waals surface area contributed by atoms with E-state index in [-0.39, 0.29) is 76.5 Å². The van der Waals surface area contributed by atoms with Gasteiger partial charge in [0.25, 0.3) is 0 Å². The minimum atomic E-state index is -1.44. The third-order valence-corrected chi connectivity index (χ3v) is 7.25. The monoisotopic (exact) mass is 646 g/mol. The Labute approximate surface area is 260 Å². The highest BCUT2D eigenvalue weighted by atomic mass is 16.4. The predicted octanol–water partition coefficient (Wildman–Crippen LogP) is 1.42. The first-order chi connectivity index (χ1) is 21.1. The summed E-state index contributed by atoms with van der Waals surface area (Å²) in [4.78, 5) is 95.9. The van der Waals surface area contributed by atoms with Crippen LogP contribution in [0.3, 0.4) is 0 Å². The van der Waals surface area contributed by atoms with Crippen LogP contribution in [0.1, 0.15) is 77.6 Å². The highest BCUT2D eigenvalue weighted by molar-refractivity contribution is 5.85. The number of ketones is 2. The van der Waals surface area contributed by atoms with E-state index in [4.69, 9.17) is 15.9 Å². The smallest absolute Gasteiger partial charge is 0.407 e. The quantitative estimate of drug-likeness (QED) is 0.0689. The number of nitrogens with two attached hydrogens (primary N) is 1. The van der Waals surface area contributed by atoms with Gasteiger partial charge in [0, 0.05) is 70.9 Å². The lowest BCUT2D eigenvalue weighted by molar-refractivity contribution is -0.144. The number of carbonyl (C=O) groups excluding carboxylic acids is 3. The molecule has 0 spiro atoms. The van der Waals surface area contributed by atoms with E-state index in [9.17, 15) is 53.7 Å². The molecule has 0 aromatic rings. The first kappa shape index (κ1) is 40.7. The molecule has 45 heavy (non-hydrogen) atoms. The van der Waals surface area contributed by atoms with Gasteiger partial charge in [0.05, 0.1) is 12.8 Å². The molecular weight excluding hydrogens is 600 g/mol. The van der Waals surface area contributed by atoms with Gasteiger partial charge in [-0.05, 0) is 19.3 Å². The van der Waals surface area contributed by atoms with Crippen LogP contribution in [-0.4, -0.2) is 133 Å². The molecule has 17 nitrogen and oxygen atoms in total. The van der Waals surface area contributed by atoms with E-state index in [1.165, 1.54) is 4.90 Å². The molecule has 17 heteroatoms. The Bertz CT molecular complexity index is 996. The summed E-state index contributed by atoms with van der Waals surface area (Å²) in [7, 11) is 0. The molecule has 0 saturated carbocycles. The van der Waals surface area contributed by atoms with Gasteiger partial charge in [0.15, 0.2) is 0 Å². The van der Waals surface area contributed by atoms with E-state index in [0.717, 1.165) is 9.80 Å². The molecule has 0 aromatic carbocycles. The first-order valence-electron chi connectivity index (χ1n) is 14.8. The second-order valence-electron chi connectivity index (χ2n) is 10.6. The molecular formula is C28H46N4O13. The van der Waals surface area contributed by atoms with Crippen LogP contribution < -0.4 is 5.73 Å². The zero-order valence-electron chi connectivity index (χ0n) is 25.6. The zero-order valence-corrected chi connectivity index (χ0v) is 25.6. The van der Waals surface area contributed by atoms with Gasteiger partial charge in [0.1, 0.15) is 17.6 Å². The van der Waals surface area contributed by atoms with Crippen molar-refractivity contribution in [1.82, 2.24) is 14.7 Å². The lowest BCUT2D eigenvalue weighted by atomic mass is 9.93. The summed E-state index contributed by atoms with van der Waals surface area (Å²) in [6, 6.07) is -1.33. The van der Waals surface area contributed by atoms with Crippen molar-refractivity contribution in [1.29, 1.82) is 0 Å². The summed E-state index contributed by atoms with van der Waals surface area (Å²) in [6.07, 6.45) is -1.68. The van der Waals surface area contributed by atoms with Gasteiger partial charge < -0.3 is 41.1 Å². The molecule has 0 rings (SSSR count). The normalized spacial score (nSPS) is 12.2. The maximum atomic E-state index is 12.6. The summed E-state index contributed by atoms with van der Waals surface area (Å²) in [6.45, 7) is -0.124. The van der Waals surface area contributed by atoms with Crippen LogP contribution in [0, 0.1) is 5.92 Å². The highest BCUT2D eigenvalue weighted by Crippen LogP contribution is 2.17. The molecule has 0 fully saturated rings. The van der Waals surface area contributed by atoms with Crippen LogP contribution >= 0.6 is 0 Å². The number of amides is 3. The van der Waals surface area contributed by atoms with Crippen LogP contribution in [0.4, 0.5) is 9.59 Å². The van der Waals surface area contributed by atoms with Crippen LogP contribution in [0.15, 0.2) is 0 Å². The molecule has 2 atom stereocenters. The van der Waals surface area contributed by atoms with Gasteiger partial charge >= 0.3 is 30.1 Å². The van der Waals surface area contributed by atoms with E-state index in [0.29, 0.717) is 32.1 Å². The molecule has 0 heterocycles. The van der Waals surface area contributed by atoms with Crippen molar-refractivity contribution in [3.05, 3.63) is 0 Å². The molecule has 3 amide bonds. The number of unbranched alkanes of at least 4 members (excludes halogenated alkanes) is 2. The number of rotatable bonds is 27. The van der Waals surface area contributed by atoms with Crippen molar-refractivity contribution in [2.75, 3.05) is 39.3 Å². The lowest BCUT2D eigenvalue weighted by Crippen LogP contribution is -2.49. The number of primary amides is 1. The minimum Gasteiger partial charge on any atom is -0.481 e. The van der Waals surface area contributed by atoms with Crippen LogP contribution in [0.5, 0.6) is 0 Å². The molecule has 0 aliphatic carbocycles. The van der Waals surface area contributed by atoms with Crippen molar-refractivity contribution in [3.63, 3.8) is 0 Å². The number of hydrogen-bond donors (Lipinski definition) is 6. The summed E-state index contributed by atoms with van der Waals surface area (Å²) < 4.78 is 0. The van der Waals surface area contributed by atoms with E-state index in [2.05, 4.69) is 0 Å². The number of hydrogen-bond acceptors (Lipinski definition) is 9. The van der Waals surface area contributed by atoms with Crippen LogP contribution in [0.25, 0.3) is 0 Å². The SMILES string of the molecule is CCC(=O)CC(CCCCCC(=O)CCC(C(=O)O)N(CCN(CCC(=O)O)C(=O)O)CCN(CCC(=O)O)C(=O)O)C(N)=O. The van der Waals surface area contributed by atoms with Gasteiger partial charge in [-0.25, -0.2) is 9.59 Å². The predicted molar refractivity (Wildman–Crippen MR) is 157 cm³/mol. The third kappa shape index (κ3) is 18.9. The fourth-order valence-electron chi connectivity index (χ4n) is 4.53. The van der Waals surface area contributed by atoms with E-state index >= 15 is 0 Å². The second kappa shape index (κ2) is 22.3. The Morgan fingerprint density at radius 2 is 1.11 bits per heavy atom. The van der Waals surface area contributed by atoms with Crippen molar-refractivity contribution in [2.45, 2.75) is 83.6 Å². The van der Waals surface area contributed by atoms with Crippen LogP contribution in [-0.2, 0) is 28.8 Å². The highest BCUT2D eigenvalue weighted by Gasteiger charge is 2.28. The lowest BCUT2D eigenvalue weighted by Gasteiger charge is -2.32. The summed E-state index contributed by atoms with van der Waals surface area (Å²) >= 11 is 0. The molecule has 256 valence electrons. The number of carboxylic acids is 3. The number of carbonyl (C=O) groups is 8. The average Bonchev–Trinajstić information content (AvgIpc) is 2.94.